The number of carbonyl (C=O) groups excluding carboxylic acids is 2. The van der Waals surface area contributed by atoms with Gasteiger partial charge in [0.15, 0.2) is 5.78 Å². The fourth-order valence-corrected chi connectivity index (χ4v) is 3.99. The first kappa shape index (κ1) is 17.6. The molecule has 1 saturated heterocycles. The summed E-state index contributed by atoms with van der Waals surface area (Å²) >= 11 is 0. The Morgan fingerprint density at radius 1 is 1.26 bits per heavy atom. The zero-order chi connectivity index (χ0) is 17.0. The lowest BCUT2D eigenvalue weighted by atomic mass is 10.1. The Balaban J connectivity index is 2.04. The van der Waals surface area contributed by atoms with Gasteiger partial charge in [0.05, 0.1) is 4.90 Å². The average molecular weight is 338 g/mol. The molecule has 1 amide bonds. The van der Waals surface area contributed by atoms with Crippen LogP contribution in [0.1, 0.15) is 43.5 Å². The van der Waals surface area contributed by atoms with Gasteiger partial charge in [0, 0.05) is 31.1 Å². The maximum Gasteiger partial charge on any atom is 0.240 e. The van der Waals surface area contributed by atoms with Crippen LogP contribution in [0.2, 0.25) is 0 Å². The zero-order valence-corrected chi connectivity index (χ0v) is 14.2. The number of hydrogen-bond donors (Lipinski definition) is 1. The number of sulfonamides is 1. The van der Waals surface area contributed by atoms with Gasteiger partial charge in [0.2, 0.25) is 15.9 Å². The molecule has 2 rings (SSSR count). The molecule has 1 N–H and O–H groups in total. The Bertz CT molecular complexity index is 692. The molecule has 7 heteroatoms. The Morgan fingerprint density at radius 2 is 1.91 bits per heavy atom. The molecule has 1 aliphatic heterocycles. The Kier molecular flexibility index (Phi) is 5.54. The van der Waals surface area contributed by atoms with Gasteiger partial charge in [-0.15, -0.1) is 0 Å². The lowest BCUT2D eigenvalue weighted by Gasteiger charge is -2.32. The Hall–Kier alpha value is -1.73. The van der Waals surface area contributed by atoms with Crippen molar-refractivity contribution in [1.82, 2.24) is 9.62 Å². The van der Waals surface area contributed by atoms with Crippen LogP contribution in [0.4, 0.5) is 0 Å². The molecular formula is C16H22N2O4S. The van der Waals surface area contributed by atoms with E-state index >= 15 is 0 Å². The molecule has 0 aromatic heterocycles. The molecular weight excluding hydrogens is 316 g/mol. The number of nitrogens with zero attached hydrogens (tertiary/aromatic N) is 1. The Morgan fingerprint density at radius 3 is 2.48 bits per heavy atom. The minimum atomic E-state index is -3.66. The molecule has 1 aliphatic rings. The molecule has 0 radical (unpaired) electrons. The molecule has 0 spiro atoms. The first-order valence-electron chi connectivity index (χ1n) is 7.74. The van der Waals surface area contributed by atoms with E-state index in [2.05, 4.69) is 4.72 Å². The molecule has 1 heterocycles. The van der Waals surface area contributed by atoms with Crippen LogP contribution in [-0.4, -0.2) is 44.1 Å². The van der Waals surface area contributed by atoms with Crippen molar-refractivity contribution in [1.29, 1.82) is 0 Å². The molecule has 0 unspecified atom stereocenters. The van der Waals surface area contributed by atoms with Crippen molar-refractivity contribution >= 4 is 21.7 Å². The van der Waals surface area contributed by atoms with Gasteiger partial charge in [-0.2, -0.15) is 0 Å². The summed E-state index contributed by atoms with van der Waals surface area (Å²) in [7, 11) is -3.66. The van der Waals surface area contributed by atoms with Gasteiger partial charge < -0.3 is 4.90 Å². The molecule has 23 heavy (non-hydrogen) atoms. The molecule has 0 saturated carbocycles. The highest BCUT2D eigenvalue weighted by Gasteiger charge is 2.26. The fraction of sp³-hybridized carbons (Fsp3) is 0.500. The third-order valence-corrected chi connectivity index (χ3v) is 5.54. The van der Waals surface area contributed by atoms with Gasteiger partial charge in [-0.1, -0.05) is 19.1 Å². The summed E-state index contributed by atoms with van der Waals surface area (Å²) in [4.78, 5) is 24.9. The number of rotatable bonds is 5. The van der Waals surface area contributed by atoms with E-state index in [9.17, 15) is 18.0 Å². The van der Waals surface area contributed by atoms with E-state index in [1.807, 2.05) is 6.92 Å². The van der Waals surface area contributed by atoms with Crippen LogP contribution >= 0.6 is 0 Å². The van der Waals surface area contributed by atoms with Gasteiger partial charge in [-0.05, 0) is 31.9 Å². The number of carbonyl (C=O) groups is 2. The number of piperidine rings is 1. The summed E-state index contributed by atoms with van der Waals surface area (Å²) in [5, 5.41) is 0. The summed E-state index contributed by atoms with van der Waals surface area (Å²) in [6.45, 7) is 4.35. The van der Waals surface area contributed by atoms with Crippen LogP contribution in [0.5, 0.6) is 0 Å². The lowest BCUT2D eigenvalue weighted by molar-refractivity contribution is -0.131. The molecule has 1 fully saturated rings. The van der Waals surface area contributed by atoms with Crippen molar-refractivity contribution in [3.05, 3.63) is 29.8 Å². The monoisotopic (exact) mass is 338 g/mol. The van der Waals surface area contributed by atoms with Crippen molar-refractivity contribution in [3.8, 4) is 0 Å². The van der Waals surface area contributed by atoms with Gasteiger partial charge in [0.25, 0.3) is 0 Å². The number of Topliss-reactive ketones (excluding diaryl/α,β-unsaturated/α-hetero) is 1. The van der Waals surface area contributed by atoms with E-state index in [1.54, 1.807) is 17.0 Å². The summed E-state index contributed by atoms with van der Waals surface area (Å²) in [6.07, 6.45) is 1.66. The SMILES string of the molecule is CCC(=O)N1CCC(NS(=O)(=O)c2cccc(C(C)=O)c2)CC1. The predicted molar refractivity (Wildman–Crippen MR) is 86.7 cm³/mol. The highest BCUT2D eigenvalue weighted by atomic mass is 32.2. The number of ketones is 1. The highest BCUT2D eigenvalue weighted by Crippen LogP contribution is 2.17. The maximum absolute atomic E-state index is 12.4. The Labute approximate surface area is 136 Å². The summed E-state index contributed by atoms with van der Waals surface area (Å²) < 4.78 is 27.6. The van der Waals surface area contributed by atoms with E-state index in [1.165, 1.54) is 19.1 Å². The van der Waals surface area contributed by atoms with Gasteiger partial charge in [0.1, 0.15) is 0 Å². The van der Waals surface area contributed by atoms with Crippen molar-refractivity contribution in [2.75, 3.05) is 13.1 Å². The van der Waals surface area contributed by atoms with E-state index in [4.69, 9.17) is 0 Å². The van der Waals surface area contributed by atoms with Gasteiger partial charge >= 0.3 is 0 Å². The molecule has 1 aromatic carbocycles. The van der Waals surface area contributed by atoms with Gasteiger partial charge in [-0.3, -0.25) is 9.59 Å². The number of likely N-dealkylation sites (tertiary alicyclic amines) is 1. The smallest absolute Gasteiger partial charge is 0.240 e. The first-order valence-corrected chi connectivity index (χ1v) is 9.23. The van der Waals surface area contributed by atoms with E-state index in [0.29, 0.717) is 37.9 Å². The van der Waals surface area contributed by atoms with Crippen molar-refractivity contribution in [2.45, 2.75) is 44.0 Å². The van der Waals surface area contributed by atoms with Crippen LogP contribution < -0.4 is 4.72 Å². The minimum absolute atomic E-state index is 0.0947. The normalized spacial score (nSPS) is 16.3. The third kappa shape index (κ3) is 4.39. The molecule has 0 bridgehead atoms. The minimum Gasteiger partial charge on any atom is -0.343 e. The standard InChI is InChI=1S/C16H22N2O4S/c1-3-16(20)18-9-7-14(8-10-18)17-23(21,22)15-6-4-5-13(11-15)12(2)19/h4-6,11,14,17H,3,7-10H2,1-2H3. The third-order valence-electron chi connectivity index (χ3n) is 4.02. The van der Waals surface area contributed by atoms with Crippen molar-refractivity contribution < 1.29 is 18.0 Å². The quantitative estimate of drug-likeness (QED) is 0.826. The summed E-state index contributed by atoms with van der Waals surface area (Å²) in [5.41, 5.74) is 0.372. The van der Waals surface area contributed by atoms with E-state index in [0.717, 1.165) is 0 Å². The molecule has 126 valence electrons. The predicted octanol–water partition coefficient (Wildman–Crippen LogP) is 1.57. The maximum atomic E-state index is 12.4. The molecule has 0 atom stereocenters. The van der Waals surface area contributed by atoms with Gasteiger partial charge in [-0.25, -0.2) is 13.1 Å². The number of hydrogen-bond acceptors (Lipinski definition) is 4. The zero-order valence-electron chi connectivity index (χ0n) is 13.4. The first-order chi connectivity index (χ1) is 10.8. The second kappa shape index (κ2) is 7.23. The van der Waals surface area contributed by atoms with Crippen LogP contribution in [-0.2, 0) is 14.8 Å². The number of amides is 1. The molecule has 0 aliphatic carbocycles. The number of benzene rings is 1. The van der Waals surface area contributed by atoms with E-state index < -0.39 is 10.0 Å². The topological polar surface area (TPSA) is 83.6 Å². The van der Waals surface area contributed by atoms with Crippen LogP contribution in [0, 0.1) is 0 Å². The fourth-order valence-electron chi connectivity index (χ4n) is 2.64. The molecule has 1 aromatic rings. The summed E-state index contributed by atoms with van der Waals surface area (Å²) in [5.74, 6) is -0.0751. The van der Waals surface area contributed by atoms with Crippen LogP contribution in [0.15, 0.2) is 29.2 Å². The molecule has 6 nitrogen and oxygen atoms in total. The van der Waals surface area contributed by atoms with Crippen molar-refractivity contribution in [3.63, 3.8) is 0 Å². The lowest BCUT2D eigenvalue weighted by Crippen LogP contribution is -2.46. The van der Waals surface area contributed by atoms with Crippen LogP contribution in [0.25, 0.3) is 0 Å². The second-order valence-electron chi connectivity index (χ2n) is 5.71. The largest absolute Gasteiger partial charge is 0.343 e. The van der Waals surface area contributed by atoms with E-state index in [-0.39, 0.29) is 22.6 Å². The summed E-state index contributed by atoms with van der Waals surface area (Å²) in [6, 6.07) is 5.83. The second-order valence-corrected chi connectivity index (χ2v) is 7.43. The highest BCUT2D eigenvalue weighted by molar-refractivity contribution is 7.89. The number of nitrogens with one attached hydrogen (secondary N) is 1. The van der Waals surface area contributed by atoms with Crippen molar-refractivity contribution in [2.24, 2.45) is 0 Å². The van der Waals surface area contributed by atoms with Crippen LogP contribution in [0.3, 0.4) is 0 Å². The average Bonchev–Trinajstić information content (AvgIpc) is 2.54.